The molecule has 1 aliphatic rings. The number of hydrogen-bond acceptors (Lipinski definition) is 5. The van der Waals surface area contributed by atoms with Crippen LogP contribution in [-0.4, -0.2) is 43.3 Å². The third-order valence-corrected chi connectivity index (χ3v) is 4.70. The molecule has 0 spiro atoms. The lowest BCUT2D eigenvalue weighted by Gasteiger charge is -2.47. The quantitative estimate of drug-likeness (QED) is 0.784. The van der Waals surface area contributed by atoms with Gasteiger partial charge >= 0.3 is 5.97 Å². The van der Waals surface area contributed by atoms with E-state index in [-0.39, 0.29) is 23.9 Å². The first-order chi connectivity index (χ1) is 9.32. The fourth-order valence-electron chi connectivity index (χ4n) is 2.99. The molecule has 0 saturated carbocycles. The van der Waals surface area contributed by atoms with Crippen molar-refractivity contribution in [3.8, 4) is 0 Å². The number of ether oxygens (including phenoxy) is 3. The fraction of sp³-hybridized carbons (Fsp3) is 0.933. The topological polar surface area (TPSA) is 65.0 Å². The number of methoxy groups -OCH3 is 2. The van der Waals surface area contributed by atoms with Crippen LogP contribution in [0.2, 0.25) is 0 Å². The normalized spacial score (nSPS) is 37.2. The van der Waals surface area contributed by atoms with Gasteiger partial charge in [-0.3, -0.25) is 0 Å². The summed E-state index contributed by atoms with van der Waals surface area (Å²) >= 11 is 0. The van der Waals surface area contributed by atoms with Gasteiger partial charge in [-0.2, -0.15) is 0 Å². The molecular weight excluding hydrogens is 260 g/mol. The monoisotopic (exact) mass is 288 g/mol. The lowest BCUT2D eigenvalue weighted by molar-refractivity contribution is -0.297. The largest absolute Gasteiger partial charge is 0.465 e. The molecule has 1 N–H and O–H groups in total. The van der Waals surface area contributed by atoms with Gasteiger partial charge in [0.05, 0.1) is 19.3 Å². The lowest BCUT2D eigenvalue weighted by Crippen LogP contribution is -2.57. The highest BCUT2D eigenvalue weighted by Crippen LogP contribution is 2.41. The molecule has 1 unspecified atom stereocenters. The first kappa shape index (κ1) is 17.4. The number of carbonyl (C=O) groups excluding carboxylic acids is 1. The van der Waals surface area contributed by atoms with E-state index in [1.807, 2.05) is 13.8 Å². The van der Waals surface area contributed by atoms with E-state index in [9.17, 15) is 9.90 Å². The molecule has 0 amide bonds. The Labute approximate surface area is 121 Å². The van der Waals surface area contributed by atoms with E-state index in [1.54, 1.807) is 0 Å². The van der Waals surface area contributed by atoms with E-state index in [0.717, 1.165) is 0 Å². The van der Waals surface area contributed by atoms with E-state index < -0.39 is 17.9 Å². The molecule has 0 aliphatic carbocycles. The van der Waals surface area contributed by atoms with E-state index in [1.165, 1.54) is 14.2 Å². The van der Waals surface area contributed by atoms with Crippen LogP contribution in [0.4, 0.5) is 0 Å². The highest BCUT2D eigenvalue weighted by Gasteiger charge is 2.52. The Bertz CT molecular complexity index is 332. The van der Waals surface area contributed by atoms with Gasteiger partial charge in [0.1, 0.15) is 0 Å². The van der Waals surface area contributed by atoms with Crippen molar-refractivity contribution < 1.29 is 24.1 Å². The van der Waals surface area contributed by atoms with Crippen LogP contribution in [-0.2, 0) is 19.0 Å². The minimum absolute atomic E-state index is 0.0723. The molecule has 0 radical (unpaired) electrons. The number of carbonyl (C=O) groups is 1. The van der Waals surface area contributed by atoms with Crippen LogP contribution < -0.4 is 0 Å². The minimum Gasteiger partial charge on any atom is -0.465 e. The second-order valence-electron chi connectivity index (χ2n) is 5.91. The molecule has 20 heavy (non-hydrogen) atoms. The van der Waals surface area contributed by atoms with Gasteiger partial charge in [0, 0.05) is 19.4 Å². The van der Waals surface area contributed by atoms with E-state index in [4.69, 9.17) is 14.2 Å². The van der Waals surface area contributed by atoms with Gasteiger partial charge < -0.3 is 19.3 Å². The standard InChI is InChI=1S/C15H28O5/c1-7-12(16)11(4)13-10(3)9(2)8-15(19-6,20-13)14(17)18-5/h9-13,16H,7-8H2,1-6H3/t9-,10+,11+,12-,13?,15-/m0/s1. The van der Waals surface area contributed by atoms with Crippen molar-refractivity contribution in [2.45, 2.75) is 58.5 Å². The summed E-state index contributed by atoms with van der Waals surface area (Å²) in [6, 6.07) is 0. The van der Waals surface area contributed by atoms with Crippen molar-refractivity contribution in [2.75, 3.05) is 14.2 Å². The number of esters is 1. The SMILES string of the molecule is CC[C@H](O)[C@@H](C)C1O[C@](OC)(C(=O)OC)C[C@H](C)[C@H]1C. The van der Waals surface area contributed by atoms with Crippen molar-refractivity contribution in [3.05, 3.63) is 0 Å². The minimum atomic E-state index is -1.35. The second kappa shape index (κ2) is 6.87. The van der Waals surface area contributed by atoms with Crippen LogP contribution in [0.5, 0.6) is 0 Å². The van der Waals surface area contributed by atoms with Gasteiger partial charge in [0.2, 0.25) is 0 Å². The zero-order valence-electron chi connectivity index (χ0n) is 13.4. The molecule has 1 saturated heterocycles. The van der Waals surface area contributed by atoms with Gasteiger partial charge in [0.25, 0.3) is 5.79 Å². The van der Waals surface area contributed by atoms with Gasteiger partial charge in [-0.05, 0) is 18.3 Å². The summed E-state index contributed by atoms with van der Waals surface area (Å²) in [5, 5.41) is 10.1. The van der Waals surface area contributed by atoms with Gasteiger partial charge in [-0.25, -0.2) is 4.79 Å². The Kier molecular flexibility index (Phi) is 5.98. The Balaban J connectivity index is 3.02. The maximum Gasteiger partial charge on any atom is 0.366 e. The van der Waals surface area contributed by atoms with Crippen molar-refractivity contribution >= 4 is 5.97 Å². The highest BCUT2D eigenvalue weighted by atomic mass is 16.7. The molecule has 5 nitrogen and oxygen atoms in total. The highest BCUT2D eigenvalue weighted by molar-refractivity contribution is 5.78. The molecule has 1 aliphatic heterocycles. The van der Waals surface area contributed by atoms with Gasteiger partial charge in [-0.15, -0.1) is 0 Å². The van der Waals surface area contributed by atoms with Gasteiger partial charge in [-0.1, -0.05) is 27.7 Å². The fourth-order valence-corrected chi connectivity index (χ4v) is 2.99. The Hall–Kier alpha value is -0.650. The van der Waals surface area contributed by atoms with Crippen molar-refractivity contribution in [3.63, 3.8) is 0 Å². The third-order valence-electron chi connectivity index (χ3n) is 4.70. The zero-order valence-corrected chi connectivity index (χ0v) is 13.4. The predicted molar refractivity (Wildman–Crippen MR) is 75.0 cm³/mol. The second-order valence-corrected chi connectivity index (χ2v) is 5.91. The van der Waals surface area contributed by atoms with Crippen LogP contribution in [0.15, 0.2) is 0 Å². The summed E-state index contributed by atoms with van der Waals surface area (Å²) in [6.07, 6.45) is 0.413. The first-order valence-corrected chi connectivity index (χ1v) is 7.32. The summed E-state index contributed by atoms with van der Waals surface area (Å²) in [5.74, 6) is -1.47. The maximum absolute atomic E-state index is 12.0. The summed E-state index contributed by atoms with van der Waals surface area (Å²) in [4.78, 5) is 12.0. The van der Waals surface area contributed by atoms with Crippen LogP contribution in [0, 0.1) is 17.8 Å². The molecule has 0 aromatic heterocycles. The molecule has 5 heteroatoms. The molecule has 1 rings (SSSR count). The molecule has 1 heterocycles. The molecular formula is C15H28O5. The van der Waals surface area contributed by atoms with E-state index in [2.05, 4.69) is 13.8 Å². The molecule has 118 valence electrons. The van der Waals surface area contributed by atoms with Crippen LogP contribution >= 0.6 is 0 Å². The third kappa shape index (κ3) is 3.15. The molecule has 0 aromatic rings. The molecule has 6 atom stereocenters. The van der Waals surface area contributed by atoms with Crippen molar-refractivity contribution in [2.24, 2.45) is 17.8 Å². The average molecular weight is 288 g/mol. The van der Waals surface area contributed by atoms with Crippen molar-refractivity contribution in [1.82, 2.24) is 0 Å². The van der Waals surface area contributed by atoms with Gasteiger partial charge in [0.15, 0.2) is 0 Å². The van der Waals surface area contributed by atoms with E-state index >= 15 is 0 Å². The number of rotatable bonds is 5. The Morgan fingerprint density at radius 1 is 1.45 bits per heavy atom. The molecule has 0 aromatic carbocycles. The molecule has 0 bridgehead atoms. The number of hydrogen-bond donors (Lipinski definition) is 1. The number of aliphatic hydroxyl groups excluding tert-OH is 1. The Morgan fingerprint density at radius 3 is 2.50 bits per heavy atom. The lowest BCUT2D eigenvalue weighted by atomic mass is 9.76. The first-order valence-electron chi connectivity index (χ1n) is 7.32. The van der Waals surface area contributed by atoms with Crippen LogP contribution in [0.3, 0.4) is 0 Å². The number of aliphatic hydroxyl groups is 1. The predicted octanol–water partition coefficient (Wildman–Crippen LogP) is 1.97. The zero-order chi connectivity index (χ0) is 15.5. The smallest absolute Gasteiger partial charge is 0.366 e. The molecule has 1 fully saturated rings. The summed E-state index contributed by atoms with van der Waals surface area (Å²) in [7, 11) is 2.78. The Morgan fingerprint density at radius 2 is 2.05 bits per heavy atom. The van der Waals surface area contributed by atoms with Crippen LogP contribution in [0.25, 0.3) is 0 Å². The average Bonchev–Trinajstić information content (AvgIpc) is 2.47. The summed E-state index contributed by atoms with van der Waals surface area (Å²) < 4.78 is 16.2. The van der Waals surface area contributed by atoms with Crippen molar-refractivity contribution in [1.29, 1.82) is 0 Å². The van der Waals surface area contributed by atoms with Crippen LogP contribution in [0.1, 0.15) is 40.5 Å². The van der Waals surface area contributed by atoms with E-state index in [0.29, 0.717) is 12.8 Å². The maximum atomic E-state index is 12.0. The summed E-state index contributed by atoms with van der Waals surface area (Å²) in [5.41, 5.74) is 0. The summed E-state index contributed by atoms with van der Waals surface area (Å²) in [6.45, 7) is 8.04.